The first-order valence-corrected chi connectivity index (χ1v) is 7.41. The molecule has 0 spiro atoms. The minimum absolute atomic E-state index is 0.0742. The smallest absolute Gasteiger partial charge is 0.156 e. The molecule has 4 nitrogen and oxygen atoms in total. The van der Waals surface area contributed by atoms with Crippen LogP contribution < -0.4 is 0 Å². The first kappa shape index (κ1) is 14.9. The Balaban J connectivity index is 2.12. The summed E-state index contributed by atoms with van der Waals surface area (Å²) in [6.45, 7) is 16.9. The Morgan fingerprint density at radius 3 is 2.16 bits per heavy atom. The van der Waals surface area contributed by atoms with E-state index in [9.17, 15) is 4.79 Å². The number of rotatable bonds is 1. The highest BCUT2D eigenvalue weighted by atomic mass is 16.1. The SMILES string of the molecule is CC(C)(C)C(=O)[C@@H]1CCN2CCN(C(C)(C)C)CN12. The number of hydrogen-bond donors (Lipinski definition) is 0. The zero-order chi connectivity index (χ0) is 14.4. The Bertz CT molecular complexity index is 353. The van der Waals surface area contributed by atoms with Crippen molar-refractivity contribution in [2.75, 3.05) is 26.3 Å². The van der Waals surface area contributed by atoms with Gasteiger partial charge in [-0.05, 0) is 27.2 Å². The van der Waals surface area contributed by atoms with Gasteiger partial charge in [0.25, 0.3) is 0 Å². The first-order valence-electron chi connectivity index (χ1n) is 7.41. The van der Waals surface area contributed by atoms with E-state index >= 15 is 0 Å². The zero-order valence-corrected chi connectivity index (χ0v) is 13.4. The molecule has 0 N–H and O–H groups in total. The lowest BCUT2D eigenvalue weighted by Crippen LogP contribution is -2.61. The maximum Gasteiger partial charge on any atom is 0.156 e. The minimum Gasteiger partial charge on any atom is -0.297 e. The van der Waals surface area contributed by atoms with E-state index in [-0.39, 0.29) is 17.0 Å². The second-order valence-corrected chi connectivity index (χ2v) is 7.89. The van der Waals surface area contributed by atoms with Gasteiger partial charge in [-0.25, -0.2) is 10.0 Å². The van der Waals surface area contributed by atoms with Gasteiger partial charge in [0, 0.05) is 30.6 Å². The van der Waals surface area contributed by atoms with Crippen LogP contribution in [-0.2, 0) is 4.79 Å². The molecule has 2 aliphatic heterocycles. The minimum atomic E-state index is -0.245. The van der Waals surface area contributed by atoms with Crippen molar-refractivity contribution >= 4 is 5.78 Å². The molecule has 2 saturated heterocycles. The first-order chi connectivity index (χ1) is 8.60. The monoisotopic (exact) mass is 267 g/mol. The molecule has 2 fully saturated rings. The summed E-state index contributed by atoms with van der Waals surface area (Å²) in [5, 5.41) is 4.68. The number of Topliss-reactive ketones (excluding diaryl/α,β-unsaturated/α-hetero) is 1. The summed E-state index contributed by atoms with van der Waals surface area (Å²) < 4.78 is 0. The van der Waals surface area contributed by atoms with Crippen LogP contribution in [0.1, 0.15) is 48.0 Å². The number of hydrazine groups is 1. The third-order valence-electron chi connectivity index (χ3n) is 4.32. The van der Waals surface area contributed by atoms with E-state index in [4.69, 9.17) is 0 Å². The van der Waals surface area contributed by atoms with Gasteiger partial charge in [0.1, 0.15) is 0 Å². The van der Waals surface area contributed by atoms with Gasteiger partial charge < -0.3 is 0 Å². The zero-order valence-electron chi connectivity index (χ0n) is 13.4. The second kappa shape index (κ2) is 4.83. The average Bonchev–Trinajstić information content (AvgIpc) is 2.67. The Hall–Kier alpha value is -0.450. The Labute approximate surface area is 117 Å². The van der Waals surface area contributed by atoms with E-state index < -0.39 is 0 Å². The van der Waals surface area contributed by atoms with E-state index in [1.165, 1.54) is 0 Å². The number of hydrogen-bond acceptors (Lipinski definition) is 4. The summed E-state index contributed by atoms with van der Waals surface area (Å²) in [6.07, 6.45) is 0.980. The molecular weight excluding hydrogens is 238 g/mol. The lowest BCUT2D eigenvalue weighted by molar-refractivity contribution is -0.148. The average molecular weight is 267 g/mol. The van der Waals surface area contributed by atoms with Crippen LogP contribution in [0.2, 0.25) is 0 Å². The topological polar surface area (TPSA) is 26.8 Å². The highest BCUT2D eigenvalue weighted by molar-refractivity contribution is 5.88. The molecule has 2 aliphatic rings. The molecule has 110 valence electrons. The van der Waals surface area contributed by atoms with Crippen molar-refractivity contribution in [3.8, 4) is 0 Å². The van der Waals surface area contributed by atoms with E-state index in [0.29, 0.717) is 5.78 Å². The summed E-state index contributed by atoms with van der Waals surface area (Å²) in [7, 11) is 0. The molecule has 0 aromatic carbocycles. The van der Waals surface area contributed by atoms with Crippen LogP contribution in [-0.4, -0.2) is 58.6 Å². The number of carbonyl (C=O) groups is 1. The lowest BCUT2D eigenvalue weighted by Gasteiger charge is -2.47. The van der Waals surface area contributed by atoms with Crippen LogP contribution >= 0.6 is 0 Å². The third-order valence-corrected chi connectivity index (χ3v) is 4.32. The van der Waals surface area contributed by atoms with Crippen molar-refractivity contribution in [3.05, 3.63) is 0 Å². The van der Waals surface area contributed by atoms with Crippen LogP contribution in [0.25, 0.3) is 0 Å². The van der Waals surface area contributed by atoms with Gasteiger partial charge in [0.05, 0.1) is 12.7 Å². The maximum absolute atomic E-state index is 12.6. The van der Waals surface area contributed by atoms with Gasteiger partial charge >= 0.3 is 0 Å². The molecule has 0 amide bonds. The number of nitrogens with zero attached hydrogens (tertiary/aromatic N) is 3. The maximum atomic E-state index is 12.6. The Morgan fingerprint density at radius 1 is 1.00 bits per heavy atom. The summed E-state index contributed by atoms with van der Waals surface area (Å²) in [5.41, 5.74) is -0.0747. The van der Waals surface area contributed by atoms with Crippen molar-refractivity contribution in [3.63, 3.8) is 0 Å². The fraction of sp³-hybridized carbons (Fsp3) is 0.933. The molecule has 1 atom stereocenters. The largest absolute Gasteiger partial charge is 0.297 e. The van der Waals surface area contributed by atoms with Gasteiger partial charge in [0.2, 0.25) is 0 Å². The molecule has 0 aliphatic carbocycles. The standard InChI is InChI=1S/C15H29N3O/c1-14(2,3)13(19)12-7-8-17-10-9-16(11-18(12)17)15(4,5)6/h12H,7-11H2,1-6H3/t12-/m0/s1. The molecule has 0 saturated carbocycles. The van der Waals surface area contributed by atoms with Crippen molar-refractivity contribution in [1.29, 1.82) is 0 Å². The predicted octanol–water partition coefficient (Wildman–Crippen LogP) is 1.96. The van der Waals surface area contributed by atoms with Crippen molar-refractivity contribution in [2.24, 2.45) is 5.41 Å². The molecule has 0 unspecified atom stereocenters. The summed E-state index contributed by atoms with van der Waals surface area (Å²) in [6, 6.07) is 0.0742. The highest BCUT2D eigenvalue weighted by Crippen LogP contribution is 2.30. The Kier molecular flexibility index (Phi) is 3.80. The number of fused-ring (bicyclic) bond motifs is 1. The highest BCUT2D eigenvalue weighted by Gasteiger charge is 2.44. The molecule has 4 heteroatoms. The molecular formula is C15H29N3O. The van der Waals surface area contributed by atoms with E-state index in [2.05, 4.69) is 35.7 Å². The van der Waals surface area contributed by atoms with Crippen LogP contribution in [0.3, 0.4) is 0 Å². The normalized spacial score (nSPS) is 27.6. The molecule has 19 heavy (non-hydrogen) atoms. The van der Waals surface area contributed by atoms with E-state index in [1.54, 1.807) is 0 Å². The lowest BCUT2D eigenvalue weighted by atomic mass is 9.85. The van der Waals surface area contributed by atoms with Gasteiger partial charge in [-0.2, -0.15) is 0 Å². The van der Waals surface area contributed by atoms with Crippen LogP contribution in [0.5, 0.6) is 0 Å². The van der Waals surface area contributed by atoms with Crippen molar-refractivity contribution in [2.45, 2.75) is 59.5 Å². The van der Waals surface area contributed by atoms with Gasteiger partial charge in [-0.3, -0.25) is 9.69 Å². The van der Waals surface area contributed by atoms with E-state index in [0.717, 1.165) is 32.7 Å². The van der Waals surface area contributed by atoms with Crippen molar-refractivity contribution < 1.29 is 4.79 Å². The number of ketones is 1. The predicted molar refractivity (Wildman–Crippen MR) is 77.6 cm³/mol. The summed E-state index contributed by atoms with van der Waals surface area (Å²) in [4.78, 5) is 15.1. The fourth-order valence-corrected chi connectivity index (χ4v) is 2.97. The quantitative estimate of drug-likeness (QED) is 0.726. The number of carbonyl (C=O) groups excluding carboxylic acids is 1. The summed E-state index contributed by atoms with van der Waals surface area (Å²) >= 11 is 0. The van der Waals surface area contributed by atoms with Gasteiger partial charge in [0.15, 0.2) is 5.78 Å². The molecule has 0 bridgehead atoms. The van der Waals surface area contributed by atoms with Crippen LogP contribution in [0.4, 0.5) is 0 Å². The Morgan fingerprint density at radius 2 is 1.63 bits per heavy atom. The third kappa shape index (κ3) is 3.01. The molecule has 0 aromatic heterocycles. The van der Waals surface area contributed by atoms with E-state index in [1.807, 2.05) is 20.8 Å². The van der Waals surface area contributed by atoms with Crippen molar-refractivity contribution in [1.82, 2.24) is 14.9 Å². The molecule has 0 radical (unpaired) electrons. The molecule has 2 rings (SSSR count). The summed E-state index contributed by atoms with van der Waals surface area (Å²) in [5.74, 6) is 0.380. The van der Waals surface area contributed by atoms with Gasteiger partial charge in [-0.1, -0.05) is 20.8 Å². The van der Waals surface area contributed by atoms with Crippen LogP contribution in [0, 0.1) is 5.41 Å². The molecule has 0 aromatic rings. The van der Waals surface area contributed by atoms with Crippen LogP contribution in [0.15, 0.2) is 0 Å². The molecule has 2 heterocycles. The van der Waals surface area contributed by atoms with Gasteiger partial charge in [-0.15, -0.1) is 0 Å². The second-order valence-electron chi connectivity index (χ2n) is 7.89. The fourth-order valence-electron chi connectivity index (χ4n) is 2.97.